The van der Waals surface area contributed by atoms with Gasteiger partial charge < -0.3 is 14.2 Å². The third kappa shape index (κ3) is 40.3. The van der Waals surface area contributed by atoms with E-state index in [1.165, 1.54) is 64.2 Å². The van der Waals surface area contributed by atoms with Crippen LogP contribution in [0.2, 0.25) is 0 Å². The fraction of sp³-hybridized carbons (Fsp3) is 0.729. The third-order valence-electron chi connectivity index (χ3n) is 9.28. The van der Waals surface area contributed by atoms with Crippen LogP contribution in [0.1, 0.15) is 207 Å². The van der Waals surface area contributed by atoms with Crippen molar-refractivity contribution in [3.8, 4) is 0 Å². The quantitative estimate of drug-likeness (QED) is 0.0204. The Morgan fingerprint density at radius 2 is 0.796 bits per heavy atom. The highest BCUT2D eigenvalue weighted by atomic mass is 16.6. The van der Waals surface area contributed by atoms with E-state index in [9.17, 15) is 14.4 Å². The van der Waals surface area contributed by atoms with Gasteiger partial charge in [0, 0.05) is 19.3 Å². The van der Waals surface area contributed by atoms with Gasteiger partial charge in [0.15, 0.2) is 6.10 Å². The Kier molecular flexibility index (Phi) is 40.6. The minimum absolute atomic E-state index is 0.0916. The monoisotopic (exact) mass is 755 g/mol. The van der Waals surface area contributed by atoms with E-state index in [0.717, 1.165) is 103 Å². The van der Waals surface area contributed by atoms with E-state index in [1.54, 1.807) is 0 Å². The zero-order chi connectivity index (χ0) is 39.4. The van der Waals surface area contributed by atoms with Gasteiger partial charge in [-0.15, -0.1) is 0 Å². The lowest BCUT2D eigenvalue weighted by molar-refractivity contribution is -0.167. The number of hydrogen-bond acceptors (Lipinski definition) is 6. The summed E-state index contributed by atoms with van der Waals surface area (Å²) in [6.45, 7) is 6.40. The lowest BCUT2D eigenvalue weighted by atomic mass is 10.1. The number of esters is 3. The van der Waals surface area contributed by atoms with Gasteiger partial charge in [-0.3, -0.25) is 14.4 Å². The smallest absolute Gasteiger partial charge is 0.306 e. The van der Waals surface area contributed by atoms with Gasteiger partial charge in [-0.2, -0.15) is 0 Å². The van der Waals surface area contributed by atoms with E-state index in [4.69, 9.17) is 14.2 Å². The highest BCUT2D eigenvalue weighted by Crippen LogP contribution is 2.13. The maximum Gasteiger partial charge on any atom is 0.306 e. The first-order valence-electron chi connectivity index (χ1n) is 22.3. The van der Waals surface area contributed by atoms with Crippen molar-refractivity contribution >= 4 is 17.9 Å². The summed E-state index contributed by atoms with van der Waals surface area (Å²) in [5.74, 6) is -0.948. The molecule has 0 N–H and O–H groups in total. The molecule has 0 aliphatic carbocycles. The molecule has 310 valence electrons. The number of carbonyl (C=O) groups is 3. The fourth-order valence-corrected chi connectivity index (χ4v) is 5.90. The molecule has 0 aromatic rings. The Labute approximate surface area is 332 Å². The molecule has 0 aliphatic rings. The Hall–Kier alpha value is -2.89. The molecule has 6 heteroatoms. The van der Waals surface area contributed by atoms with Crippen LogP contribution in [0.4, 0.5) is 0 Å². The van der Waals surface area contributed by atoms with Crippen molar-refractivity contribution in [2.24, 2.45) is 0 Å². The van der Waals surface area contributed by atoms with Crippen LogP contribution in [-0.2, 0) is 28.6 Å². The normalized spacial score (nSPS) is 12.6. The highest BCUT2D eigenvalue weighted by Gasteiger charge is 2.19. The maximum atomic E-state index is 12.7. The summed E-state index contributed by atoms with van der Waals surface area (Å²) in [7, 11) is 0. The summed E-state index contributed by atoms with van der Waals surface area (Å²) in [4.78, 5) is 37.7. The summed E-state index contributed by atoms with van der Waals surface area (Å²) < 4.78 is 16.6. The molecule has 0 heterocycles. The SMILES string of the molecule is CC/C=C\C/C=C\C/C=C\CCCCCCC(=O)OCC(COC(=O)CCCCCCCCCCCCC)OC(=O)CCCCC/C=C\C=C/CCCC. The summed E-state index contributed by atoms with van der Waals surface area (Å²) in [6, 6.07) is 0. The van der Waals surface area contributed by atoms with Crippen molar-refractivity contribution in [2.45, 2.75) is 213 Å². The van der Waals surface area contributed by atoms with Gasteiger partial charge in [0.05, 0.1) is 0 Å². The van der Waals surface area contributed by atoms with Crippen LogP contribution in [0.15, 0.2) is 60.8 Å². The van der Waals surface area contributed by atoms with E-state index in [0.29, 0.717) is 19.3 Å². The maximum absolute atomic E-state index is 12.7. The summed E-state index contributed by atoms with van der Waals surface area (Å²) in [5.41, 5.74) is 0. The highest BCUT2D eigenvalue weighted by molar-refractivity contribution is 5.71. The van der Waals surface area contributed by atoms with E-state index < -0.39 is 6.10 Å². The second-order valence-electron chi connectivity index (χ2n) is 14.6. The number of carbonyl (C=O) groups excluding carboxylic acids is 3. The number of allylic oxidation sites excluding steroid dienone is 10. The Balaban J connectivity index is 4.45. The first-order chi connectivity index (χ1) is 26.5. The molecule has 1 unspecified atom stereocenters. The zero-order valence-corrected chi connectivity index (χ0v) is 35.2. The van der Waals surface area contributed by atoms with Crippen molar-refractivity contribution in [1.29, 1.82) is 0 Å². The van der Waals surface area contributed by atoms with Gasteiger partial charge in [0.1, 0.15) is 13.2 Å². The molecule has 0 amide bonds. The lowest BCUT2D eigenvalue weighted by Crippen LogP contribution is -2.30. The first-order valence-corrected chi connectivity index (χ1v) is 22.3. The van der Waals surface area contributed by atoms with E-state index in [-0.39, 0.29) is 31.1 Å². The molecule has 1 atom stereocenters. The van der Waals surface area contributed by atoms with Gasteiger partial charge in [-0.25, -0.2) is 0 Å². The average Bonchev–Trinajstić information content (AvgIpc) is 3.17. The number of ether oxygens (including phenoxy) is 3. The summed E-state index contributed by atoms with van der Waals surface area (Å²) in [6.07, 6.45) is 50.6. The molecule has 0 radical (unpaired) electrons. The molecule has 0 bridgehead atoms. The number of hydrogen-bond donors (Lipinski definition) is 0. The van der Waals surface area contributed by atoms with Crippen LogP contribution >= 0.6 is 0 Å². The Morgan fingerprint density at radius 1 is 0.407 bits per heavy atom. The zero-order valence-electron chi connectivity index (χ0n) is 35.2. The van der Waals surface area contributed by atoms with Gasteiger partial charge >= 0.3 is 17.9 Å². The number of rotatable bonds is 39. The van der Waals surface area contributed by atoms with Crippen LogP contribution in [0.25, 0.3) is 0 Å². The van der Waals surface area contributed by atoms with Gasteiger partial charge in [0.2, 0.25) is 0 Å². The molecule has 6 nitrogen and oxygen atoms in total. The molecular formula is C48H82O6. The van der Waals surface area contributed by atoms with Crippen molar-refractivity contribution < 1.29 is 28.6 Å². The molecular weight excluding hydrogens is 673 g/mol. The lowest BCUT2D eigenvalue weighted by Gasteiger charge is -2.18. The topological polar surface area (TPSA) is 78.9 Å². The van der Waals surface area contributed by atoms with E-state index in [2.05, 4.69) is 81.5 Å². The molecule has 0 fully saturated rings. The van der Waals surface area contributed by atoms with Crippen LogP contribution in [-0.4, -0.2) is 37.2 Å². The minimum Gasteiger partial charge on any atom is -0.462 e. The molecule has 0 aromatic carbocycles. The standard InChI is InChI=1S/C48H82O6/c1-4-7-10-13-16-19-22-23-24-27-29-32-35-38-41-47(50)53-44-45(54-48(51)42-39-36-33-30-26-21-18-15-12-9-6-3)43-52-46(49)40-37-34-31-28-25-20-17-14-11-8-5-2/h7,10,15-16,18-19,21,23-24,26,45H,4-6,8-9,11-14,17,20,22,25,27-44H2,1-3H3/b10-7-,18-15-,19-16-,24-23-,26-21-. The predicted molar refractivity (Wildman–Crippen MR) is 228 cm³/mol. The second-order valence-corrected chi connectivity index (χ2v) is 14.6. The van der Waals surface area contributed by atoms with Crippen LogP contribution in [0.3, 0.4) is 0 Å². The second kappa shape index (κ2) is 42.8. The molecule has 0 saturated carbocycles. The van der Waals surface area contributed by atoms with Gasteiger partial charge in [-0.05, 0) is 70.6 Å². The molecule has 0 spiro atoms. The van der Waals surface area contributed by atoms with Gasteiger partial charge in [0.25, 0.3) is 0 Å². The molecule has 0 aromatic heterocycles. The largest absolute Gasteiger partial charge is 0.462 e. The number of unbranched alkanes of at least 4 members (excludes halogenated alkanes) is 19. The van der Waals surface area contributed by atoms with Crippen molar-refractivity contribution in [3.05, 3.63) is 60.8 Å². The van der Waals surface area contributed by atoms with Crippen LogP contribution < -0.4 is 0 Å². The molecule has 0 saturated heterocycles. The minimum atomic E-state index is -0.792. The summed E-state index contributed by atoms with van der Waals surface area (Å²) in [5, 5.41) is 0. The van der Waals surface area contributed by atoms with Crippen LogP contribution in [0, 0.1) is 0 Å². The Morgan fingerprint density at radius 3 is 1.31 bits per heavy atom. The third-order valence-corrected chi connectivity index (χ3v) is 9.28. The van der Waals surface area contributed by atoms with Crippen LogP contribution in [0.5, 0.6) is 0 Å². The fourth-order valence-electron chi connectivity index (χ4n) is 5.90. The van der Waals surface area contributed by atoms with Crippen molar-refractivity contribution in [1.82, 2.24) is 0 Å². The van der Waals surface area contributed by atoms with Crippen molar-refractivity contribution in [3.63, 3.8) is 0 Å². The predicted octanol–water partition coefficient (Wildman–Crippen LogP) is 14.1. The van der Waals surface area contributed by atoms with E-state index in [1.807, 2.05) is 0 Å². The van der Waals surface area contributed by atoms with E-state index >= 15 is 0 Å². The van der Waals surface area contributed by atoms with Gasteiger partial charge in [-0.1, -0.05) is 178 Å². The summed E-state index contributed by atoms with van der Waals surface area (Å²) >= 11 is 0. The molecule has 0 rings (SSSR count). The first kappa shape index (κ1) is 51.1. The molecule has 0 aliphatic heterocycles. The van der Waals surface area contributed by atoms with Crippen molar-refractivity contribution in [2.75, 3.05) is 13.2 Å². The Bertz CT molecular complexity index is 1010. The molecule has 54 heavy (non-hydrogen) atoms. The average molecular weight is 755 g/mol.